The number of hydrogen-bond acceptors (Lipinski definition) is 2. The summed E-state index contributed by atoms with van der Waals surface area (Å²) < 4.78 is 15.6. The van der Waals surface area contributed by atoms with Gasteiger partial charge in [0.1, 0.15) is 5.82 Å². The van der Waals surface area contributed by atoms with E-state index in [9.17, 15) is 0 Å². The van der Waals surface area contributed by atoms with E-state index < -0.39 is 5.82 Å². The van der Waals surface area contributed by atoms with Crippen molar-refractivity contribution >= 4 is 34.4 Å². The topological polar surface area (TPSA) is 24.1 Å². The predicted molar refractivity (Wildman–Crippen MR) is 193 cm³/mol. The molecule has 2 nitrogen and oxygen atoms in total. The molecule has 7 aromatic carbocycles. The monoisotopic (exact) mass is 616 g/mol. The summed E-state index contributed by atoms with van der Waals surface area (Å²) in [6, 6.07) is 55.9. The summed E-state index contributed by atoms with van der Waals surface area (Å²) in [6.07, 6.45) is 0. The Morgan fingerprint density at radius 3 is 0.935 bits per heavy atom. The van der Waals surface area contributed by atoms with Crippen molar-refractivity contribution in [2.45, 2.75) is 0 Å². The first-order valence-corrected chi connectivity index (χ1v) is 15.5. The second-order valence-corrected chi connectivity index (χ2v) is 11.4. The summed E-state index contributed by atoms with van der Waals surface area (Å²) in [5, 5.41) is 7.49. The quantitative estimate of drug-likeness (QED) is 0.177. The Balaban J connectivity index is 1.36. The average molecular weight is 617 g/mol. The molecule has 7 rings (SSSR count). The fraction of sp³-hybridized carbons (Fsp3) is 0. The van der Waals surface area contributed by atoms with Crippen LogP contribution in [0.1, 0.15) is 0 Å². The van der Waals surface area contributed by atoms with E-state index in [1.165, 1.54) is 12.1 Å². The Kier molecular flexibility index (Phi) is 8.32. The summed E-state index contributed by atoms with van der Waals surface area (Å²) in [5.74, 6) is -0.411. The van der Waals surface area contributed by atoms with Crippen molar-refractivity contribution in [3.63, 3.8) is 0 Å². The number of anilines is 4. The minimum atomic E-state index is -0.411. The van der Waals surface area contributed by atoms with Crippen LogP contribution in [-0.4, -0.2) is 0 Å². The van der Waals surface area contributed by atoms with E-state index in [1.54, 1.807) is 0 Å². The van der Waals surface area contributed by atoms with Crippen LogP contribution in [0.25, 0.3) is 44.5 Å². The van der Waals surface area contributed by atoms with Crippen LogP contribution in [0.2, 0.25) is 5.02 Å². The first-order valence-electron chi connectivity index (χ1n) is 15.2. The lowest BCUT2D eigenvalue weighted by atomic mass is 9.95. The number of halogens is 2. The predicted octanol–water partition coefficient (Wildman–Crippen LogP) is 12.6. The third kappa shape index (κ3) is 6.01. The Labute approximate surface area is 273 Å². The molecule has 0 fully saturated rings. The highest BCUT2D eigenvalue weighted by Crippen LogP contribution is 2.44. The summed E-state index contributed by atoms with van der Waals surface area (Å²) in [5.41, 5.74) is 10.7. The molecule has 0 aliphatic rings. The third-order valence-electron chi connectivity index (χ3n) is 8.02. The molecular weight excluding hydrogens is 587 g/mol. The fourth-order valence-corrected chi connectivity index (χ4v) is 6.05. The lowest BCUT2D eigenvalue weighted by Crippen LogP contribution is -2.02. The zero-order chi connectivity index (χ0) is 31.3. The van der Waals surface area contributed by atoms with Crippen molar-refractivity contribution in [3.05, 3.63) is 181 Å². The van der Waals surface area contributed by atoms with Crippen LogP contribution < -0.4 is 10.6 Å². The first kappa shape index (κ1) is 29.1. The lowest BCUT2D eigenvalue weighted by molar-refractivity contribution is 0.629. The normalized spacial score (nSPS) is 10.8. The van der Waals surface area contributed by atoms with E-state index in [4.69, 9.17) is 11.6 Å². The van der Waals surface area contributed by atoms with Crippen molar-refractivity contribution in [1.82, 2.24) is 0 Å². The minimum Gasteiger partial charge on any atom is -0.353 e. The first-order chi connectivity index (χ1) is 22.7. The second-order valence-electron chi connectivity index (χ2n) is 11.0. The molecule has 4 heteroatoms. The van der Waals surface area contributed by atoms with Crippen molar-refractivity contribution in [3.8, 4) is 44.5 Å². The Morgan fingerprint density at radius 2 is 0.652 bits per heavy atom. The van der Waals surface area contributed by atoms with Gasteiger partial charge in [0.05, 0.1) is 27.8 Å². The lowest BCUT2D eigenvalue weighted by Gasteiger charge is -2.21. The maximum Gasteiger partial charge on any atom is 0.127 e. The van der Waals surface area contributed by atoms with Gasteiger partial charge in [0.15, 0.2) is 0 Å². The van der Waals surface area contributed by atoms with Crippen LogP contribution >= 0.6 is 11.6 Å². The SMILES string of the molecule is Fc1cc(Nc2c(-c3ccccc3)cccc2-c2ccccc2)c(Cl)c(Nc2c(-c3ccccc3)cccc2-c2ccccc2)c1. The van der Waals surface area contributed by atoms with Crippen LogP contribution in [0.4, 0.5) is 27.1 Å². The Morgan fingerprint density at radius 1 is 0.370 bits per heavy atom. The van der Waals surface area contributed by atoms with Crippen molar-refractivity contribution in [1.29, 1.82) is 0 Å². The summed E-state index contributed by atoms with van der Waals surface area (Å²) in [7, 11) is 0. The number of para-hydroxylation sites is 2. The molecule has 0 saturated carbocycles. The molecule has 7 aromatic rings. The van der Waals surface area contributed by atoms with Crippen molar-refractivity contribution < 1.29 is 4.39 Å². The maximum atomic E-state index is 15.6. The molecule has 0 saturated heterocycles. The van der Waals surface area contributed by atoms with Crippen LogP contribution in [0.3, 0.4) is 0 Å². The van der Waals surface area contributed by atoms with Crippen LogP contribution in [0.15, 0.2) is 170 Å². The molecule has 0 aliphatic heterocycles. The molecule has 0 amide bonds. The number of nitrogens with one attached hydrogen (secondary N) is 2. The van der Waals surface area contributed by atoms with E-state index in [1.807, 2.05) is 84.9 Å². The van der Waals surface area contributed by atoms with Gasteiger partial charge >= 0.3 is 0 Å². The van der Waals surface area contributed by atoms with Gasteiger partial charge in [-0.3, -0.25) is 0 Å². The Hall–Kier alpha value is -5.64. The zero-order valence-electron chi connectivity index (χ0n) is 24.9. The van der Waals surface area contributed by atoms with E-state index in [0.29, 0.717) is 16.4 Å². The third-order valence-corrected chi connectivity index (χ3v) is 8.43. The molecule has 0 bridgehead atoms. The highest BCUT2D eigenvalue weighted by Gasteiger charge is 2.19. The van der Waals surface area contributed by atoms with E-state index in [0.717, 1.165) is 55.9 Å². The Bertz CT molecular complexity index is 1830. The molecule has 0 spiro atoms. The molecule has 0 atom stereocenters. The largest absolute Gasteiger partial charge is 0.353 e. The molecule has 0 radical (unpaired) electrons. The number of rotatable bonds is 8. The minimum absolute atomic E-state index is 0.380. The smallest absolute Gasteiger partial charge is 0.127 e. The van der Waals surface area contributed by atoms with Gasteiger partial charge in [0, 0.05) is 22.3 Å². The summed E-state index contributed by atoms with van der Waals surface area (Å²) in [4.78, 5) is 0. The van der Waals surface area contributed by atoms with E-state index in [2.05, 4.69) is 83.4 Å². The molecule has 0 unspecified atom stereocenters. The number of hydrogen-bond donors (Lipinski definition) is 2. The van der Waals surface area contributed by atoms with Gasteiger partial charge in [-0.1, -0.05) is 169 Å². The van der Waals surface area contributed by atoms with Gasteiger partial charge in [0.25, 0.3) is 0 Å². The molecule has 222 valence electrons. The van der Waals surface area contributed by atoms with Crippen LogP contribution in [0, 0.1) is 5.82 Å². The highest BCUT2D eigenvalue weighted by molar-refractivity contribution is 6.36. The van der Waals surface area contributed by atoms with Crippen LogP contribution in [0.5, 0.6) is 0 Å². The molecule has 2 N–H and O–H groups in total. The summed E-state index contributed by atoms with van der Waals surface area (Å²) in [6.45, 7) is 0. The van der Waals surface area contributed by atoms with Gasteiger partial charge in [-0.05, 0) is 34.4 Å². The summed E-state index contributed by atoms with van der Waals surface area (Å²) >= 11 is 7.18. The van der Waals surface area contributed by atoms with Gasteiger partial charge in [0.2, 0.25) is 0 Å². The van der Waals surface area contributed by atoms with Gasteiger partial charge < -0.3 is 10.6 Å². The van der Waals surface area contributed by atoms with E-state index >= 15 is 4.39 Å². The standard InChI is InChI=1S/C42H30ClFN2/c43-40-38(45-41-34(29-15-5-1-6-16-29)23-13-24-35(41)30-17-7-2-8-18-30)27-33(44)28-39(40)46-42-36(31-19-9-3-10-20-31)25-14-26-37(42)32-21-11-4-12-22-32/h1-28,45-46H. The average Bonchev–Trinajstić information content (AvgIpc) is 3.12. The zero-order valence-corrected chi connectivity index (χ0v) is 25.7. The van der Waals surface area contributed by atoms with E-state index in [-0.39, 0.29) is 0 Å². The molecule has 46 heavy (non-hydrogen) atoms. The molecule has 0 heterocycles. The fourth-order valence-electron chi connectivity index (χ4n) is 5.85. The van der Waals surface area contributed by atoms with Crippen molar-refractivity contribution in [2.75, 3.05) is 10.6 Å². The number of benzene rings is 7. The molecule has 0 aromatic heterocycles. The van der Waals surface area contributed by atoms with Gasteiger partial charge in [-0.2, -0.15) is 0 Å². The molecular formula is C42H30ClFN2. The van der Waals surface area contributed by atoms with Gasteiger partial charge in [-0.25, -0.2) is 4.39 Å². The molecule has 0 aliphatic carbocycles. The van der Waals surface area contributed by atoms with Gasteiger partial charge in [-0.15, -0.1) is 0 Å². The highest BCUT2D eigenvalue weighted by atomic mass is 35.5. The second kappa shape index (κ2) is 13.2. The maximum absolute atomic E-state index is 15.6. The van der Waals surface area contributed by atoms with Crippen LogP contribution in [-0.2, 0) is 0 Å². The van der Waals surface area contributed by atoms with Crippen molar-refractivity contribution in [2.24, 2.45) is 0 Å².